The third-order valence-electron chi connectivity index (χ3n) is 5.32. The van der Waals surface area contributed by atoms with Crippen LogP contribution in [0.1, 0.15) is 39.7 Å². The van der Waals surface area contributed by atoms with Gasteiger partial charge in [-0.2, -0.15) is 0 Å². The quantitative estimate of drug-likeness (QED) is 0.532. The van der Waals surface area contributed by atoms with Gasteiger partial charge < -0.3 is 29.9 Å². The molecule has 1 atom stereocenters. The summed E-state index contributed by atoms with van der Waals surface area (Å²) in [5.74, 6) is 0.533. The maximum atomic E-state index is 14.7. The second-order valence-corrected chi connectivity index (χ2v) is 9.13. The molecule has 0 saturated carbocycles. The summed E-state index contributed by atoms with van der Waals surface area (Å²) >= 11 is 0. The van der Waals surface area contributed by atoms with Crippen LogP contribution in [-0.4, -0.2) is 74.5 Å². The van der Waals surface area contributed by atoms with Gasteiger partial charge in [-0.05, 0) is 51.8 Å². The lowest BCUT2D eigenvalue weighted by molar-refractivity contribution is 0.0507. The number of aliphatic imine (C=N–C) groups is 1. The standard InChI is InChI=1S/C23H36FN5O3/c1-5-25-21(29-9-8-18(16-29)27-22(30)32-23(2,3)4)26-15-17-6-7-20(19(24)14-17)28-10-12-31-13-11-28/h6-7,14,18H,5,8-13,15-16H2,1-4H3,(H,25,26)(H,27,30). The Bertz CT molecular complexity index is 805. The Morgan fingerprint density at radius 1 is 1.28 bits per heavy atom. The van der Waals surface area contributed by atoms with E-state index in [1.54, 1.807) is 6.07 Å². The zero-order chi connectivity index (χ0) is 23.1. The summed E-state index contributed by atoms with van der Waals surface area (Å²) in [4.78, 5) is 20.9. The third kappa shape index (κ3) is 6.98. The topological polar surface area (TPSA) is 78.4 Å². The van der Waals surface area contributed by atoms with Crippen molar-refractivity contribution in [2.24, 2.45) is 4.99 Å². The fourth-order valence-electron chi connectivity index (χ4n) is 3.85. The number of hydrogen-bond donors (Lipinski definition) is 2. The van der Waals surface area contributed by atoms with Crippen molar-refractivity contribution in [3.05, 3.63) is 29.6 Å². The van der Waals surface area contributed by atoms with Crippen molar-refractivity contribution in [2.75, 3.05) is 50.8 Å². The summed E-state index contributed by atoms with van der Waals surface area (Å²) in [5.41, 5.74) is 0.909. The first-order valence-corrected chi connectivity index (χ1v) is 11.4. The molecule has 1 amide bonds. The van der Waals surface area contributed by atoms with Crippen LogP contribution in [0.3, 0.4) is 0 Å². The number of alkyl carbamates (subject to hydrolysis) is 1. The minimum Gasteiger partial charge on any atom is -0.444 e. The van der Waals surface area contributed by atoms with E-state index in [1.807, 2.05) is 44.7 Å². The van der Waals surface area contributed by atoms with E-state index in [0.717, 1.165) is 31.0 Å². The first-order valence-electron chi connectivity index (χ1n) is 11.4. The number of hydrogen-bond acceptors (Lipinski definition) is 5. The monoisotopic (exact) mass is 449 g/mol. The fourth-order valence-corrected chi connectivity index (χ4v) is 3.85. The Morgan fingerprint density at radius 2 is 2.03 bits per heavy atom. The van der Waals surface area contributed by atoms with Gasteiger partial charge in [0.2, 0.25) is 0 Å². The number of carbonyl (C=O) groups excluding carboxylic acids is 1. The number of ether oxygens (including phenoxy) is 2. The number of carbonyl (C=O) groups is 1. The summed E-state index contributed by atoms with van der Waals surface area (Å²) < 4.78 is 25.4. The van der Waals surface area contributed by atoms with Gasteiger partial charge in [-0.25, -0.2) is 14.2 Å². The molecule has 3 rings (SSSR count). The largest absolute Gasteiger partial charge is 0.444 e. The number of rotatable bonds is 5. The molecular weight excluding hydrogens is 413 g/mol. The summed E-state index contributed by atoms with van der Waals surface area (Å²) in [6, 6.07) is 5.32. The number of amides is 1. The maximum Gasteiger partial charge on any atom is 0.407 e. The van der Waals surface area contributed by atoms with Crippen LogP contribution in [0.15, 0.2) is 23.2 Å². The van der Waals surface area contributed by atoms with Gasteiger partial charge in [-0.3, -0.25) is 0 Å². The number of anilines is 1. The molecule has 0 aromatic heterocycles. The van der Waals surface area contributed by atoms with E-state index in [2.05, 4.69) is 15.5 Å². The number of halogens is 1. The van der Waals surface area contributed by atoms with E-state index in [0.29, 0.717) is 45.1 Å². The second kappa shape index (κ2) is 10.8. The normalized spacial score (nSPS) is 19.8. The van der Waals surface area contributed by atoms with Crippen LogP contribution in [0, 0.1) is 5.82 Å². The van der Waals surface area contributed by atoms with Crippen LogP contribution in [0.5, 0.6) is 0 Å². The molecule has 0 spiro atoms. The highest BCUT2D eigenvalue weighted by atomic mass is 19.1. The molecule has 2 aliphatic heterocycles. The SMILES string of the molecule is CCNC(=NCc1ccc(N2CCOCC2)c(F)c1)N1CCC(NC(=O)OC(C)(C)C)C1. The Kier molecular flexibility index (Phi) is 8.17. The minimum absolute atomic E-state index is 0.000966. The molecule has 0 radical (unpaired) electrons. The molecule has 2 aliphatic rings. The molecule has 9 heteroatoms. The third-order valence-corrected chi connectivity index (χ3v) is 5.32. The van der Waals surface area contributed by atoms with Crippen molar-refractivity contribution in [1.82, 2.24) is 15.5 Å². The van der Waals surface area contributed by atoms with E-state index in [9.17, 15) is 9.18 Å². The lowest BCUT2D eigenvalue weighted by Gasteiger charge is -2.29. The number of guanidine groups is 1. The molecule has 8 nitrogen and oxygen atoms in total. The van der Waals surface area contributed by atoms with Gasteiger partial charge in [0, 0.05) is 32.7 Å². The number of benzene rings is 1. The summed E-state index contributed by atoms with van der Waals surface area (Å²) in [6.45, 7) is 12.7. The van der Waals surface area contributed by atoms with E-state index >= 15 is 0 Å². The average Bonchev–Trinajstić information content (AvgIpc) is 3.18. The van der Waals surface area contributed by atoms with E-state index in [1.165, 1.54) is 0 Å². The molecule has 32 heavy (non-hydrogen) atoms. The van der Waals surface area contributed by atoms with E-state index in [-0.39, 0.29) is 11.9 Å². The fraction of sp³-hybridized carbons (Fsp3) is 0.652. The highest BCUT2D eigenvalue weighted by molar-refractivity contribution is 5.80. The first kappa shape index (κ1) is 24.1. The molecule has 2 fully saturated rings. The van der Waals surface area contributed by atoms with E-state index in [4.69, 9.17) is 14.5 Å². The van der Waals surface area contributed by atoms with Crippen molar-refractivity contribution in [2.45, 2.75) is 52.3 Å². The van der Waals surface area contributed by atoms with Crippen LogP contribution < -0.4 is 15.5 Å². The van der Waals surface area contributed by atoms with Gasteiger partial charge in [-0.15, -0.1) is 0 Å². The van der Waals surface area contributed by atoms with Crippen molar-refractivity contribution in [1.29, 1.82) is 0 Å². The highest BCUT2D eigenvalue weighted by Gasteiger charge is 2.28. The van der Waals surface area contributed by atoms with Gasteiger partial charge in [-0.1, -0.05) is 6.07 Å². The molecular formula is C23H36FN5O3. The van der Waals surface area contributed by atoms with Crippen molar-refractivity contribution in [3.63, 3.8) is 0 Å². The molecule has 2 saturated heterocycles. The van der Waals surface area contributed by atoms with Crippen molar-refractivity contribution >= 4 is 17.7 Å². The van der Waals surface area contributed by atoms with Crippen molar-refractivity contribution in [3.8, 4) is 0 Å². The maximum absolute atomic E-state index is 14.7. The number of likely N-dealkylation sites (tertiary alicyclic amines) is 1. The van der Waals surface area contributed by atoms with Crippen LogP contribution >= 0.6 is 0 Å². The lowest BCUT2D eigenvalue weighted by atomic mass is 10.1. The Hall–Kier alpha value is -2.55. The molecule has 178 valence electrons. The first-order chi connectivity index (χ1) is 15.2. The predicted molar refractivity (Wildman–Crippen MR) is 124 cm³/mol. The summed E-state index contributed by atoms with van der Waals surface area (Å²) in [5, 5.41) is 6.23. The zero-order valence-electron chi connectivity index (χ0n) is 19.6. The van der Waals surface area contributed by atoms with Crippen molar-refractivity contribution < 1.29 is 18.7 Å². The minimum atomic E-state index is -0.522. The predicted octanol–water partition coefficient (Wildman–Crippen LogP) is 2.73. The Labute approximate surface area is 190 Å². The van der Waals surface area contributed by atoms with Crippen LogP contribution in [-0.2, 0) is 16.0 Å². The lowest BCUT2D eigenvalue weighted by Crippen LogP contribution is -2.44. The van der Waals surface area contributed by atoms with Crippen LogP contribution in [0.2, 0.25) is 0 Å². The number of morpholine rings is 1. The molecule has 2 N–H and O–H groups in total. The van der Waals surface area contributed by atoms with Gasteiger partial charge in [0.25, 0.3) is 0 Å². The molecule has 1 aromatic rings. The van der Waals surface area contributed by atoms with Crippen LogP contribution in [0.25, 0.3) is 0 Å². The van der Waals surface area contributed by atoms with Gasteiger partial charge in [0.15, 0.2) is 5.96 Å². The zero-order valence-corrected chi connectivity index (χ0v) is 19.6. The Morgan fingerprint density at radius 3 is 2.69 bits per heavy atom. The highest BCUT2D eigenvalue weighted by Crippen LogP contribution is 2.22. The molecule has 1 unspecified atom stereocenters. The molecule has 0 aliphatic carbocycles. The summed E-state index contributed by atoms with van der Waals surface area (Å²) in [6.07, 6.45) is 0.411. The molecule has 1 aromatic carbocycles. The van der Waals surface area contributed by atoms with E-state index < -0.39 is 11.7 Å². The average molecular weight is 450 g/mol. The number of nitrogens with one attached hydrogen (secondary N) is 2. The van der Waals surface area contributed by atoms with Gasteiger partial charge in [0.1, 0.15) is 11.4 Å². The number of nitrogens with zero attached hydrogens (tertiary/aromatic N) is 3. The van der Waals surface area contributed by atoms with Gasteiger partial charge in [0.05, 0.1) is 31.5 Å². The smallest absolute Gasteiger partial charge is 0.407 e. The summed E-state index contributed by atoms with van der Waals surface area (Å²) in [7, 11) is 0. The van der Waals surface area contributed by atoms with Gasteiger partial charge >= 0.3 is 6.09 Å². The van der Waals surface area contributed by atoms with Crippen LogP contribution in [0.4, 0.5) is 14.9 Å². The molecule has 0 bridgehead atoms. The molecule has 2 heterocycles. The Balaban J connectivity index is 1.59. The second-order valence-electron chi connectivity index (χ2n) is 9.13.